The van der Waals surface area contributed by atoms with Crippen molar-refractivity contribution in [3.8, 4) is 0 Å². The quantitative estimate of drug-likeness (QED) is 0.762. The average molecular weight is 307 g/mol. The maximum Gasteiger partial charge on any atom is 0.320 e. The highest BCUT2D eigenvalue weighted by Crippen LogP contribution is 2.38. The van der Waals surface area contributed by atoms with Crippen LogP contribution in [0.2, 0.25) is 0 Å². The second kappa shape index (κ2) is 5.11. The monoisotopic (exact) mass is 307 g/mol. The Morgan fingerprint density at radius 3 is 2.55 bits per heavy atom. The summed E-state index contributed by atoms with van der Waals surface area (Å²) < 4.78 is 5.61. The molecule has 0 radical (unpaired) electrons. The first-order valence-electron chi connectivity index (χ1n) is 8.52. The molecule has 6 nitrogen and oxygen atoms in total. The molecule has 0 aromatic rings. The van der Waals surface area contributed by atoms with Crippen LogP contribution in [0.5, 0.6) is 0 Å². The third-order valence-electron chi connectivity index (χ3n) is 5.73. The van der Waals surface area contributed by atoms with Crippen LogP contribution in [-0.2, 0) is 9.53 Å². The van der Waals surface area contributed by atoms with E-state index in [0.717, 1.165) is 58.3 Å². The van der Waals surface area contributed by atoms with E-state index in [2.05, 4.69) is 4.90 Å². The van der Waals surface area contributed by atoms with Gasteiger partial charge in [0.2, 0.25) is 5.91 Å². The minimum atomic E-state index is -0.126. The number of hydrogen-bond acceptors (Lipinski definition) is 3. The molecule has 4 aliphatic rings. The lowest BCUT2D eigenvalue weighted by atomic mass is 9.93. The van der Waals surface area contributed by atoms with Gasteiger partial charge in [-0.3, -0.25) is 4.79 Å². The summed E-state index contributed by atoms with van der Waals surface area (Å²) in [6, 6.07) is 0.389. The smallest absolute Gasteiger partial charge is 0.320 e. The van der Waals surface area contributed by atoms with Gasteiger partial charge in [0.15, 0.2) is 0 Å². The van der Waals surface area contributed by atoms with Crippen molar-refractivity contribution >= 4 is 11.9 Å². The van der Waals surface area contributed by atoms with Gasteiger partial charge in [-0.2, -0.15) is 0 Å². The Morgan fingerprint density at radius 1 is 1.23 bits per heavy atom. The van der Waals surface area contributed by atoms with Gasteiger partial charge in [-0.1, -0.05) is 0 Å². The maximum atomic E-state index is 12.6. The van der Waals surface area contributed by atoms with Gasteiger partial charge in [0.05, 0.1) is 12.1 Å². The number of hydrogen-bond donors (Lipinski definition) is 0. The first-order valence-corrected chi connectivity index (χ1v) is 8.52. The van der Waals surface area contributed by atoms with Crippen LogP contribution in [0, 0.1) is 5.92 Å². The molecular formula is C16H25N3O3. The molecule has 1 spiro atoms. The molecule has 1 aliphatic carbocycles. The van der Waals surface area contributed by atoms with E-state index in [1.54, 1.807) is 0 Å². The van der Waals surface area contributed by atoms with E-state index >= 15 is 0 Å². The summed E-state index contributed by atoms with van der Waals surface area (Å²) in [5.41, 5.74) is -0.126. The minimum absolute atomic E-state index is 0.126. The van der Waals surface area contributed by atoms with Crippen molar-refractivity contribution < 1.29 is 14.3 Å². The van der Waals surface area contributed by atoms with E-state index in [-0.39, 0.29) is 17.6 Å². The normalized spacial score (nSPS) is 33.3. The second-order valence-corrected chi connectivity index (χ2v) is 7.37. The number of amides is 3. The predicted molar refractivity (Wildman–Crippen MR) is 80.4 cm³/mol. The Labute approximate surface area is 131 Å². The topological polar surface area (TPSA) is 53.1 Å². The van der Waals surface area contributed by atoms with Crippen LogP contribution >= 0.6 is 0 Å². The summed E-state index contributed by atoms with van der Waals surface area (Å²) >= 11 is 0. The number of piperidine rings is 1. The second-order valence-electron chi connectivity index (χ2n) is 7.37. The van der Waals surface area contributed by atoms with E-state index in [1.165, 1.54) is 0 Å². The SMILES string of the molecule is CN1CC2(CCOC2)N(C2CCN(C(=O)C3CC3)CC2)C1=O. The zero-order valence-corrected chi connectivity index (χ0v) is 13.3. The zero-order chi connectivity index (χ0) is 15.3. The predicted octanol–water partition coefficient (Wildman–Crippen LogP) is 0.914. The van der Waals surface area contributed by atoms with Gasteiger partial charge >= 0.3 is 6.03 Å². The molecule has 3 saturated heterocycles. The third kappa shape index (κ3) is 2.19. The standard InChI is InChI=1S/C16H25N3O3/c1-17-10-16(6-9-22-11-16)19(15(17)21)13-4-7-18(8-5-13)14(20)12-2-3-12/h12-13H,2-11H2,1H3. The zero-order valence-electron chi connectivity index (χ0n) is 13.3. The Kier molecular flexibility index (Phi) is 3.33. The summed E-state index contributed by atoms with van der Waals surface area (Å²) in [5, 5.41) is 0. The van der Waals surface area contributed by atoms with Crippen LogP contribution in [0.3, 0.4) is 0 Å². The molecular weight excluding hydrogens is 282 g/mol. The van der Waals surface area contributed by atoms with Gasteiger partial charge in [0, 0.05) is 45.2 Å². The van der Waals surface area contributed by atoms with Crippen molar-refractivity contribution in [2.45, 2.75) is 43.7 Å². The van der Waals surface area contributed by atoms with Crippen LogP contribution in [0.1, 0.15) is 32.1 Å². The maximum absolute atomic E-state index is 12.6. The van der Waals surface area contributed by atoms with Crippen LogP contribution in [-0.4, -0.2) is 78.1 Å². The number of ether oxygens (including phenoxy) is 1. The molecule has 0 N–H and O–H groups in total. The molecule has 3 aliphatic heterocycles. The molecule has 1 saturated carbocycles. The fourth-order valence-corrected chi connectivity index (χ4v) is 4.36. The van der Waals surface area contributed by atoms with Gasteiger partial charge < -0.3 is 19.4 Å². The minimum Gasteiger partial charge on any atom is -0.379 e. The Hall–Kier alpha value is -1.30. The van der Waals surface area contributed by atoms with Gasteiger partial charge in [0.25, 0.3) is 0 Å². The Bertz CT molecular complexity index is 477. The van der Waals surface area contributed by atoms with E-state index in [1.807, 2.05) is 16.8 Å². The lowest BCUT2D eigenvalue weighted by molar-refractivity contribution is -0.134. The van der Waals surface area contributed by atoms with Gasteiger partial charge in [-0.15, -0.1) is 0 Å². The molecule has 3 amide bonds. The molecule has 0 bridgehead atoms. The number of urea groups is 1. The van der Waals surface area contributed by atoms with Crippen LogP contribution < -0.4 is 0 Å². The molecule has 22 heavy (non-hydrogen) atoms. The van der Waals surface area contributed by atoms with Crippen molar-refractivity contribution in [3.63, 3.8) is 0 Å². The summed E-state index contributed by atoms with van der Waals surface area (Å²) in [6.07, 6.45) is 4.87. The molecule has 0 aromatic heterocycles. The van der Waals surface area contributed by atoms with Gasteiger partial charge in [0.1, 0.15) is 0 Å². The first-order chi connectivity index (χ1) is 10.6. The molecule has 122 valence electrons. The van der Waals surface area contributed by atoms with Gasteiger partial charge in [-0.25, -0.2) is 4.79 Å². The highest BCUT2D eigenvalue weighted by atomic mass is 16.5. The van der Waals surface area contributed by atoms with E-state index < -0.39 is 0 Å². The van der Waals surface area contributed by atoms with Crippen molar-refractivity contribution in [2.24, 2.45) is 5.92 Å². The average Bonchev–Trinajstić information content (AvgIpc) is 3.23. The number of carbonyl (C=O) groups excluding carboxylic acids is 2. The largest absolute Gasteiger partial charge is 0.379 e. The van der Waals surface area contributed by atoms with E-state index in [9.17, 15) is 9.59 Å². The fraction of sp³-hybridized carbons (Fsp3) is 0.875. The highest BCUT2D eigenvalue weighted by Gasteiger charge is 2.53. The number of likely N-dealkylation sites (tertiary alicyclic amines) is 1. The highest BCUT2D eigenvalue weighted by molar-refractivity contribution is 5.81. The van der Waals surface area contributed by atoms with Crippen LogP contribution in [0.4, 0.5) is 4.79 Å². The van der Waals surface area contributed by atoms with E-state index in [4.69, 9.17) is 4.74 Å². The van der Waals surface area contributed by atoms with E-state index in [0.29, 0.717) is 18.4 Å². The van der Waals surface area contributed by atoms with Crippen LogP contribution in [0.25, 0.3) is 0 Å². The summed E-state index contributed by atoms with van der Waals surface area (Å²) in [7, 11) is 1.88. The number of likely N-dealkylation sites (N-methyl/N-ethyl adjacent to an activating group) is 1. The molecule has 1 atom stereocenters. The number of nitrogens with zero attached hydrogens (tertiary/aromatic N) is 3. The third-order valence-corrected chi connectivity index (χ3v) is 5.73. The molecule has 6 heteroatoms. The van der Waals surface area contributed by atoms with Crippen molar-refractivity contribution in [1.29, 1.82) is 0 Å². The summed E-state index contributed by atoms with van der Waals surface area (Å²) in [5.74, 6) is 0.632. The summed E-state index contributed by atoms with van der Waals surface area (Å²) in [4.78, 5) is 30.7. The molecule has 4 fully saturated rings. The van der Waals surface area contributed by atoms with Gasteiger partial charge in [-0.05, 0) is 32.1 Å². The Balaban J connectivity index is 1.45. The van der Waals surface area contributed by atoms with Crippen molar-refractivity contribution in [3.05, 3.63) is 0 Å². The lowest BCUT2D eigenvalue weighted by Gasteiger charge is -2.42. The molecule has 0 aromatic carbocycles. The number of rotatable bonds is 2. The molecule has 1 unspecified atom stereocenters. The summed E-state index contributed by atoms with van der Waals surface area (Å²) in [6.45, 7) is 3.77. The molecule has 3 heterocycles. The lowest BCUT2D eigenvalue weighted by Crippen LogP contribution is -2.56. The Morgan fingerprint density at radius 2 is 1.95 bits per heavy atom. The molecule has 4 rings (SSSR count). The van der Waals surface area contributed by atoms with Crippen molar-refractivity contribution in [2.75, 3.05) is 39.9 Å². The first kappa shape index (κ1) is 14.3. The fourth-order valence-electron chi connectivity index (χ4n) is 4.36. The van der Waals surface area contributed by atoms with Crippen molar-refractivity contribution in [1.82, 2.24) is 14.7 Å². The number of carbonyl (C=O) groups is 2. The van der Waals surface area contributed by atoms with Crippen LogP contribution in [0.15, 0.2) is 0 Å².